The van der Waals surface area contributed by atoms with E-state index in [9.17, 15) is 30.0 Å². The SMILES string of the molecule is O=C([O-])c1cc([O-])c(C(=O)[O-])cc1[O-].[Li+].[Li+].[Li+].[Li+]. The van der Waals surface area contributed by atoms with Crippen LogP contribution in [0.5, 0.6) is 11.5 Å². The van der Waals surface area contributed by atoms with E-state index in [1.807, 2.05) is 0 Å². The molecule has 0 saturated carbocycles. The minimum atomic E-state index is -1.82. The number of hydrogen-bond acceptors (Lipinski definition) is 6. The van der Waals surface area contributed by atoms with Crippen LogP contribution in [-0.4, -0.2) is 11.9 Å². The van der Waals surface area contributed by atoms with Gasteiger partial charge in [-0.25, -0.2) is 0 Å². The predicted octanol–water partition coefficient (Wildman–Crippen LogP) is -15.4. The number of carbonyl (C=O) groups is 2. The van der Waals surface area contributed by atoms with Crippen molar-refractivity contribution in [2.24, 2.45) is 0 Å². The fraction of sp³-hybridized carbons (Fsp3) is 0. The summed E-state index contributed by atoms with van der Waals surface area (Å²) in [5, 5.41) is 42.3. The third kappa shape index (κ3) is 6.36. The molecule has 0 heterocycles. The largest absolute Gasteiger partial charge is 1.00 e. The Balaban J connectivity index is -0.000000245. The zero-order valence-corrected chi connectivity index (χ0v) is 10.6. The average molecular weight is 222 g/mol. The van der Waals surface area contributed by atoms with Crippen molar-refractivity contribution in [2.75, 3.05) is 0 Å². The minimum absolute atomic E-state index is 0. The molecule has 0 N–H and O–H groups in total. The number of benzene rings is 1. The van der Waals surface area contributed by atoms with E-state index < -0.39 is 34.6 Å². The van der Waals surface area contributed by atoms with E-state index >= 15 is 0 Å². The maximum atomic E-state index is 10.9. The number of rotatable bonds is 2. The summed E-state index contributed by atoms with van der Waals surface area (Å²) in [4.78, 5) is 20.5. The summed E-state index contributed by atoms with van der Waals surface area (Å²) in [5.74, 6) is -5.83. The predicted molar refractivity (Wildman–Crippen MR) is 34.0 cm³/mol. The van der Waals surface area contributed by atoms with Crippen molar-refractivity contribution in [2.45, 2.75) is 0 Å². The van der Waals surface area contributed by atoms with E-state index in [0.717, 1.165) is 0 Å². The van der Waals surface area contributed by atoms with Crippen molar-refractivity contribution in [1.82, 2.24) is 0 Å². The van der Waals surface area contributed by atoms with Gasteiger partial charge in [-0.15, -0.1) is 0 Å². The third-order valence-corrected chi connectivity index (χ3v) is 1.52. The van der Waals surface area contributed by atoms with Gasteiger partial charge in [0, 0.05) is 0 Å². The first-order chi connectivity index (χ1) is 6.43. The Bertz CT molecular complexity index is 383. The smallest absolute Gasteiger partial charge is 0.872 e. The first kappa shape index (κ1) is 26.7. The van der Waals surface area contributed by atoms with Crippen LogP contribution in [0, 0.1) is 0 Å². The van der Waals surface area contributed by atoms with Gasteiger partial charge in [0.1, 0.15) is 0 Å². The van der Waals surface area contributed by atoms with Crippen LogP contribution >= 0.6 is 0 Å². The molecule has 0 atom stereocenters. The van der Waals surface area contributed by atoms with E-state index in [0.29, 0.717) is 12.1 Å². The van der Waals surface area contributed by atoms with Gasteiger partial charge >= 0.3 is 75.4 Å². The molecule has 10 heteroatoms. The van der Waals surface area contributed by atoms with Crippen LogP contribution in [0.25, 0.3) is 0 Å². The summed E-state index contributed by atoms with van der Waals surface area (Å²) in [6.45, 7) is 0. The molecule has 0 saturated heterocycles. The molecule has 0 spiro atoms. The van der Waals surface area contributed by atoms with E-state index in [1.54, 1.807) is 0 Å². The summed E-state index contributed by atoms with van der Waals surface area (Å²) in [6.07, 6.45) is 0. The zero-order valence-electron chi connectivity index (χ0n) is 10.6. The standard InChI is InChI=1S/C8H6O6.4Li/c9-5-1-3(7(11)12)6(10)2-4(5)8(13)14;;;;/h1-2,9-10H,(H,11,12)(H,13,14);;;;/q;4*+1/p-4. The van der Waals surface area contributed by atoms with Gasteiger partial charge in [0.25, 0.3) is 0 Å². The Morgan fingerprint density at radius 1 is 0.722 bits per heavy atom. The van der Waals surface area contributed by atoms with Gasteiger partial charge in [-0.1, -0.05) is 23.6 Å². The van der Waals surface area contributed by atoms with Gasteiger partial charge in [0.2, 0.25) is 0 Å². The fourth-order valence-electron chi connectivity index (χ4n) is 0.879. The third-order valence-electron chi connectivity index (χ3n) is 1.52. The van der Waals surface area contributed by atoms with E-state index in [1.165, 1.54) is 0 Å². The van der Waals surface area contributed by atoms with Crippen LogP contribution in [-0.2, 0) is 0 Å². The van der Waals surface area contributed by atoms with Crippen molar-refractivity contribution >= 4 is 11.9 Å². The molecule has 0 bridgehead atoms. The second-order valence-electron chi connectivity index (χ2n) is 2.42. The number of carbonyl (C=O) groups excluding carboxylic acids is 2. The summed E-state index contributed by atoms with van der Waals surface area (Å²) in [7, 11) is 0. The van der Waals surface area contributed by atoms with Crippen LogP contribution < -0.4 is 95.9 Å². The van der Waals surface area contributed by atoms with Crippen molar-refractivity contribution in [1.29, 1.82) is 0 Å². The first-order valence-corrected chi connectivity index (χ1v) is 3.38. The van der Waals surface area contributed by atoms with Crippen LogP contribution in [0.4, 0.5) is 0 Å². The van der Waals surface area contributed by atoms with Crippen molar-refractivity contribution in [3.05, 3.63) is 23.3 Å². The van der Waals surface area contributed by atoms with E-state index in [2.05, 4.69) is 0 Å². The minimum Gasteiger partial charge on any atom is -0.872 e. The van der Waals surface area contributed by atoms with Crippen molar-refractivity contribution in [3.8, 4) is 11.5 Å². The molecule has 1 aromatic carbocycles. The van der Waals surface area contributed by atoms with Gasteiger partial charge in [-0.3, -0.25) is 0 Å². The fourth-order valence-corrected chi connectivity index (χ4v) is 0.879. The molecule has 0 aliphatic carbocycles. The molecule has 0 aliphatic rings. The molecule has 0 unspecified atom stereocenters. The topological polar surface area (TPSA) is 126 Å². The summed E-state index contributed by atoms with van der Waals surface area (Å²) in [6, 6.07) is 0.811. The Kier molecular flexibility index (Phi) is 16.3. The van der Waals surface area contributed by atoms with Crippen LogP contribution in [0.15, 0.2) is 12.1 Å². The summed E-state index contributed by atoms with van der Waals surface area (Å²) >= 11 is 0. The molecule has 1 aromatic rings. The molecule has 0 aromatic heterocycles. The number of carboxylic acids is 2. The first-order valence-electron chi connectivity index (χ1n) is 3.38. The molecule has 0 aliphatic heterocycles. The molecule has 0 radical (unpaired) electrons. The summed E-state index contributed by atoms with van der Waals surface area (Å²) in [5.41, 5.74) is -1.72. The quantitative estimate of drug-likeness (QED) is 0.457. The Morgan fingerprint density at radius 2 is 0.944 bits per heavy atom. The molecule has 18 heavy (non-hydrogen) atoms. The second-order valence-corrected chi connectivity index (χ2v) is 2.42. The van der Waals surface area contributed by atoms with E-state index in [-0.39, 0.29) is 75.4 Å². The van der Waals surface area contributed by atoms with Gasteiger partial charge in [0.05, 0.1) is 11.9 Å². The van der Waals surface area contributed by atoms with Gasteiger partial charge < -0.3 is 30.0 Å². The maximum Gasteiger partial charge on any atom is 1.00 e. The average Bonchev–Trinajstić information content (AvgIpc) is 2.07. The van der Waals surface area contributed by atoms with Crippen molar-refractivity contribution < 1.29 is 105 Å². The second kappa shape index (κ2) is 11.0. The van der Waals surface area contributed by atoms with Gasteiger partial charge in [-0.05, 0) is 11.1 Å². The van der Waals surface area contributed by atoms with Crippen LogP contribution in [0.3, 0.4) is 0 Å². The van der Waals surface area contributed by atoms with Crippen LogP contribution in [0.2, 0.25) is 0 Å². The Labute approximate surface area is 151 Å². The summed E-state index contributed by atoms with van der Waals surface area (Å²) < 4.78 is 0. The molecule has 74 valence electrons. The molecule has 0 amide bonds. The van der Waals surface area contributed by atoms with Crippen molar-refractivity contribution in [3.63, 3.8) is 0 Å². The maximum absolute atomic E-state index is 10.9. The Hall–Kier alpha value is 0.150. The molecular weight excluding hydrogens is 220 g/mol. The molecule has 0 fully saturated rings. The Morgan fingerprint density at radius 3 is 1.11 bits per heavy atom. The molecule has 1 rings (SSSR count). The monoisotopic (exact) mass is 222 g/mol. The molecule has 6 nitrogen and oxygen atoms in total. The van der Waals surface area contributed by atoms with E-state index in [4.69, 9.17) is 0 Å². The molecular formula is C8H2Li4O6. The zero-order chi connectivity index (χ0) is 10.9. The van der Waals surface area contributed by atoms with Crippen LogP contribution in [0.1, 0.15) is 20.7 Å². The number of carboxylic acid groups (broad SMARTS) is 2. The normalized spacial score (nSPS) is 7.56. The van der Waals surface area contributed by atoms with Gasteiger partial charge in [0.15, 0.2) is 0 Å². The number of hydrogen-bond donors (Lipinski definition) is 0. The van der Waals surface area contributed by atoms with Gasteiger partial charge in [-0.2, -0.15) is 0 Å². The number of aromatic carboxylic acids is 2.